The number of amides is 1. The van der Waals surface area contributed by atoms with E-state index in [4.69, 9.17) is 5.73 Å². The van der Waals surface area contributed by atoms with Gasteiger partial charge in [0.15, 0.2) is 0 Å². The lowest BCUT2D eigenvalue weighted by molar-refractivity contribution is 0.0782. The van der Waals surface area contributed by atoms with Gasteiger partial charge in [0.05, 0.1) is 0 Å². The third kappa shape index (κ3) is 3.78. The maximum atomic E-state index is 12.3. The quantitative estimate of drug-likeness (QED) is 0.869. The van der Waals surface area contributed by atoms with E-state index in [-0.39, 0.29) is 5.91 Å². The van der Waals surface area contributed by atoms with E-state index < -0.39 is 0 Å². The summed E-state index contributed by atoms with van der Waals surface area (Å²) in [4.78, 5) is 16.5. The molecule has 1 heterocycles. The number of likely N-dealkylation sites (N-methyl/N-ethyl adjacent to an activating group) is 1. The molecule has 1 fully saturated rings. The second-order valence-electron chi connectivity index (χ2n) is 5.18. The number of benzene rings is 1. The van der Waals surface area contributed by atoms with Crippen LogP contribution in [-0.2, 0) is 6.54 Å². The second kappa shape index (κ2) is 6.68. The average molecular weight is 261 g/mol. The molecule has 19 heavy (non-hydrogen) atoms. The first-order valence-corrected chi connectivity index (χ1v) is 6.97. The lowest BCUT2D eigenvalue weighted by Crippen LogP contribution is -2.35. The Balaban J connectivity index is 1.90. The monoisotopic (exact) mass is 261 g/mol. The van der Waals surface area contributed by atoms with Gasteiger partial charge in [-0.2, -0.15) is 0 Å². The van der Waals surface area contributed by atoms with E-state index in [0.29, 0.717) is 6.54 Å². The third-order valence-corrected chi connectivity index (χ3v) is 3.71. The van der Waals surface area contributed by atoms with Crippen LogP contribution in [0.15, 0.2) is 24.3 Å². The summed E-state index contributed by atoms with van der Waals surface area (Å²) < 4.78 is 0. The van der Waals surface area contributed by atoms with Crippen LogP contribution in [0.2, 0.25) is 0 Å². The highest BCUT2D eigenvalue weighted by Crippen LogP contribution is 2.09. The molecule has 4 heteroatoms. The molecule has 0 spiro atoms. The number of nitrogens with zero attached hydrogens (tertiary/aromatic N) is 2. The molecule has 0 aromatic heterocycles. The Labute approximate surface area is 115 Å². The minimum atomic E-state index is 0.0782. The molecule has 1 aromatic rings. The summed E-state index contributed by atoms with van der Waals surface area (Å²) in [6.07, 6.45) is 2.58. The first-order chi connectivity index (χ1) is 9.20. The molecular weight excluding hydrogens is 238 g/mol. The van der Waals surface area contributed by atoms with Gasteiger partial charge in [0, 0.05) is 32.2 Å². The largest absolute Gasteiger partial charge is 0.340 e. The number of likely N-dealkylation sites (tertiary alicyclic amines) is 1. The van der Waals surface area contributed by atoms with Crippen LogP contribution in [-0.4, -0.2) is 48.9 Å². The van der Waals surface area contributed by atoms with Crippen LogP contribution < -0.4 is 5.73 Å². The zero-order valence-corrected chi connectivity index (χ0v) is 11.6. The molecule has 2 N–H and O–H groups in total. The van der Waals surface area contributed by atoms with Gasteiger partial charge in [-0.25, -0.2) is 0 Å². The fourth-order valence-corrected chi connectivity index (χ4v) is 2.45. The predicted octanol–water partition coefficient (Wildman–Crippen LogP) is 1.31. The summed E-state index contributed by atoms with van der Waals surface area (Å²) >= 11 is 0. The van der Waals surface area contributed by atoms with Gasteiger partial charge >= 0.3 is 0 Å². The summed E-state index contributed by atoms with van der Waals surface area (Å²) in [7, 11) is 1.87. The summed E-state index contributed by atoms with van der Waals surface area (Å²) in [6.45, 7) is 4.57. The number of hydrogen-bond acceptors (Lipinski definition) is 3. The van der Waals surface area contributed by atoms with Gasteiger partial charge in [-0.3, -0.25) is 4.79 Å². The van der Waals surface area contributed by atoms with E-state index in [2.05, 4.69) is 4.90 Å². The van der Waals surface area contributed by atoms with Crippen LogP contribution in [0.25, 0.3) is 0 Å². The van der Waals surface area contributed by atoms with Crippen LogP contribution in [0, 0.1) is 0 Å². The fourth-order valence-electron chi connectivity index (χ4n) is 2.45. The topological polar surface area (TPSA) is 49.6 Å². The van der Waals surface area contributed by atoms with E-state index in [9.17, 15) is 4.79 Å². The van der Waals surface area contributed by atoms with E-state index in [1.807, 2.05) is 31.3 Å². The van der Waals surface area contributed by atoms with Crippen molar-refractivity contribution in [2.24, 2.45) is 5.73 Å². The van der Waals surface area contributed by atoms with Crippen molar-refractivity contribution in [3.05, 3.63) is 35.4 Å². The molecule has 0 atom stereocenters. The van der Waals surface area contributed by atoms with Crippen LogP contribution in [0.1, 0.15) is 28.8 Å². The highest BCUT2D eigenvalue weighted by molar-refractivity contribution is 5.94. The number of hydrogen-bond donors (Lipinski definition) is 1. The maximum Gasteiger partial charge on any atom is 0.253 e. The molecule has 4 nitrogen and oxygen atoms in total. The lowest BCUT2D eigenvalue weighted by atomic mass is 10.1. The zero-order chi connectivity index (χ0) is 13.7. The minimum absolute atomic E-state index is 0.0782. The van der Waals surface area contributed by atoms with Gasteiger partial charge in [0.1, 0.15) is 0 Å². The van der Waals surface area contributed by atoms with Crippen molar-refractivity contribution in [1.29, 1.82) is 0 Å². The van der Waals surface area contributed by atoms with Crippen molar-refractivity contribution in [3.8, 4) is 0 Å². The Bertz CT molecular complexity index is 427. The fraction of sp³-hybridized carbons (Fsp3) is 0.533. The van der Waals surface area contributed by atoms with Crippen molar-refractivity contribution in [3.63, 3.8) is 0 Å². The van der Waals surface area contributed by atoms with Gasteiger partial charge < -0.3 is 15.5 Å². The molecule has 1 aliphatic heterocycles. The summed E-state index contributed by atoms with van der Waals surface area (Å²) in [5, 5.41) is 0. The third-order valence-electron chi connectivity index (χ3n) is 3.71. The van der Waals surface area contributed by atoms with E-state index in [1.54, 1.807) is 4.90 Å². The summed E-state index contributed by atoms with van der Waals surface area (Å²) in [5.41, 5.74) is 7.33. The first kappa shape index (κ1) is 14.0. The van der Waals surface area contributed by atoms with Gasteiger partial charge in [0.2, 0.25) is 0 Å². The Kier molecular flexibility index (Phi) is 4.93. The molecule has 2 rings (SSSR count). The van der Waals surface area contributed by atoms with Crippen LogP contribution in [0.3, 0.4) is 0 Å². The van der Waals surface area contributed by atoms with Gasteiger partial charge in [0.25, 0.3) is 5.91 Å². The SMILES string of the molecule is CN(CCN1CCCC1)C(=O)c1cccc(CN)c1. The number of rotatable bonds is 5. The van der Waals surface area contributed by atoms with Crippen molar-refractivity contribution in [2.75, 3.05) is 33.2 Å². The average Bonchev–Trinajstić information content (AvgIpc) is 2.97. The molecule has 1 amide bonds. The minimum Gasteiger partial charge on any atom is -0.340 e. The summed E-state index contributed by atoms with van der Waals surface area (Å²) in [5.74, 6) is 0.0782. The van der Waals surface area contributed by atoms with Crippen molar-refractivity contribution < 1.29 is 4.79 Å². The molecule has 0 bridgehead atoms. The molecule has 0 aliphatic carbocycles. The van der Waals surface area contributed by atoms with Gasteiger partial charge in [-0.05, 0) is 43.6 Å². The van der Waals surface area contributed by atoms with Gasteiger partial charge in [-0.15, -0.1) is 0 Å². The number of carbonyl (C=O) groups is 1. The van der Waals surface area contributed by atoms with E-state index in [0.717, 1.165) is 24.2 Å². The van der Waals surface area contributed by atoms with Crippen molar-refractivity contribution in [2.45, 2.75) is 19.4 Å². The highest BCUT2D eigenvalue weighted by atomic mass is 16.2. The highest BCUT2D eigenvalue weighted by Gasteiger charge is 2.15. The Morgan fingerprint density at radius 2 is 2.11 bits per heavy atom. The Morgan fingerprint density at radius 3 is 2.79 bits per heavy atom. The number of nitrogens with two attached hydrogens (primary N) is 1. The lowest BCUT2D eigenvalue weighted by Gasteiger charge is -2.21. The van der Waals surface area contributed by atoms with Crippen molar-refractivity contribution >= 4 is 5.91 Å². The molecular formula is C15H23N3O. The standard InChI is InChI=1S/C15H23N3O/c1-17(9-10-18-7-2-3-8-18)15(19)14-6-4-5-13(11-14)12-16/h4-6,11H,2-3,7-10,12,16H2,1H3. The Morgan fingerprint density at radius 1 is 1.37 bits per heavy atom. The molecule has 0 saturated carbocycles. The molecule has 0 unspecified atom stereocenters. The predicted molar refractivity (Wildman–Crippen MR) is 77.0 cm³/mol. The smallest absolute Gasteiger partial charge is 0.253 e. The van der Waals surface area contributed by atoms with Gasteiger partial charge in [-0.1, -0.05) is 12.1 Å². The number of carbonyl (C=O) groups excluding carboxylic acids is 1. The zero-order valence-electron chi connectivity index (χ0n) is 11.6. The van der Waals surface area contributed by atoms with E-state index >= 15 is 0 Å². The van der Waals surface area contributed by atoms with Crippen molar-refractivity contribution in [1.82, 2.24) is 9.80 Å². The summed E-state index contributed by atoms with van der Waals surface area (Å²) in [6, 6.07) is 7.58. The molecule has 0 radical (unpaired) electrons. The molecule has 1 aliphatic rings. The molecule has 1 saturated heterocycles. The second-order valence-corrected chi connectivity index (χ2v) is 5.18. The molecule has 104 valence electrons. The van der Waals surface area contributed by atoms with E-state index in [1.165, 1.54) is 25.9 Å². The first-order valence-electron chi connectivity index (χ1n) is 6.97. The molecule has 1 aromatic carbocycles. The van der Waals surface area contributed by atoms with Crippen LogP contribution >= 0.6 is 0 Å². The maximum absolute atomic E-state index is 12.3. The van der Waals surface area contributed by atoms with Crippen LogP contribution in [0.4, 0.5) is 0 Å². The van der Waals surface area contributed by atoms with Crippen LogP contribution in [0.5, 0.6) is 0 Å². The normalized spacial score (nSPS) is 15.7. The Hall–Kier alpha value is -1.39.